The van der Waals surface area contributed by atoms with Gasteiger partial charge in [-0.1, -0.05) is 19.1 Å². The van der Waals surface area contributed by atoms with Crippen LogP contribution in [0.25, 0.3) is 0 Å². The fraction of sp³-hybridized carbons (Fsp3) is 0.769. The van der Waals surface area contributed by atoms with Gasteiger partial charge in [-0.2, -0.15) is 0 Å². The molecule has 0 amide bonds. The lowest BCUT2D eigenvalue weighted by molar-refractivity contribution is 0.363. The zero-order valence-corrected chi connectivity index (χ0v) is 14.1. The second-order valence-electron chi connectivity index (χ2n) is 4.44. The number of likely N-dealkylation sites (N-methyl/N-ethyl adjacent to an activating group) is 1. The molecule has 0 bridgehead atoms. The van der Waals surface area contributed by atoms with E-state index < -0.39 is 0 Å². The van der Waals surface area contributed by atoms with Crippen molar-refractivity contribution in [3.8, 4) is 0 Å². The molecule has 0 radical (unpaired) electrons. The molecule has 0 aromatic heterocycles. The third kappa shape index (κ3) is 7.20. The van der Waals surface area contributed by atoms with Crippen molar-refractivity contribution in [2.75, 3.05) is 33.2 Å². The van der Waals surface area contributed by atoms with Crippen molar-refractivity contribution >= 4 is 29.9 Å². The van der Waals surface area contributed by atoms with Gasteiger partial charge in [-0.25, -0.2) is 0 Å². The second-order valence-corrected chi connectivity index (χ2v) is 4.44. The second kappa shape index (κ2) is 10.6. The van der Waals surface area contributed by atoms with E-state index in [1.54, 1.807) is 0 Å². The molecule has 106 valence electrons. The fourth-order valence-electron chi connectivity index (χ4n) is 1.74. The fourth-order valence-corrected chi connectivity index (χ4v) is 1.74. The van der Waals surface area contributed by atoms with Gasteiger partial charge < -0.3 is 15.5 Å². The molecule has 18 heavy (non-hydrogen) atoms. The van der Waals surface area contributed by atoms with E-state index in [1.807, 2.05) is 0 Å². The van der Waals surface area contributed by atoms with Crippen LogP contribution < -0.4 is 10.6 Å². The number of nitrogens with one attached hydrogen (secondary N) is 2. The van der Waals surface area contributed by atoms with Gasteiger partial charge >= 0.3 is 0 Å². The van der Waals surface area contributed by atoms with Crippen LogP contribution in [-0.4, -0.2) is 50.1 Å². The van der Waals surface area contributed by atoms with Crippen molar-refractivity contribution in [2.24, 2.45) is 4.99 Å². The summed E-state index contributed by atoms with van der Waals surface area (Å²) in [6.07, 6.45) is 6.68. The molecule has 1 aliphatic rings. The van der Waals surface area contributed by atoms with Crippen LogP contribution in [0.2, 0.25) is 0 Å². The van der Waals surface area contributed by atoms with Crippen LogP contribution in [0.5, 0.6) is 0 Å². The van der Waals surface area contributed by atoms with Crippen molar-refractivity contribution in [1.29, 1.82) is 0 Å². The highest BCUT2D eigenvalue weighted by atomic mass is 127. The summed E-state index contributed by atoms with van der Waals surface area (Å²) in [5.74, 6) is 0.950. The molecular formula is C13H27IN4. The largest absolute Gasteiger partial charge is 0.357 e. The summed E-state index contributed by atoms with van der Waals surface area (Å²) in [6.45, 7) is 8.11. The molecule has 2 N–H and O–H groups in total. The Hall–Kier alpha value is -0.300. The average Bonchev–Trinajstić information content (AvgIpc) is 2.81. The van der Waals surface area contributed by atoms with Gasteiger partial charge in [-0.15, -0.1) is 24.0 Å². The van der Waals surface area contributed by atoms with E-state index in [9.17, 15) is 0 Å². The molecule has 0 saturated heterocycles. The third-order valence-electron chi connectivity index (χ3n) is 2.98. The predicted molar refractivity (Wildman–Crippen MR) is 89.9 cm³/mol. The standard InChI is InChI=1S/C13H26N4.HI/c1-4-14-13(15-10-11-17(3)5-2)16-12-8-6-7-9-12;/h6-7,12H,4-5,8-11H2,1-3H3,(H2,14,15,16);1H. The number of hydrogen-bond donors (Lipinski definition) is 2. The molecule has 5 heteroatoms. The molecule has 0 heterocycles. The summed E-state index contributed by atoms with van der Waals surface area (Å²) in [7, 11) is 2.12. The predicted octanol–water partition coefficient (Wildman–Crippen LogP) is 1.83. The monoisotopic (exact) mass is 366 g/mol. The van der Waals surface area contributed by atoms with Crippen LogP contribution in [0.15, 0.2) is 17.1 Å². The van der Waals surface area contributed by atoms with E-state index in [0.717, 1.165) is 45.0 Å². The van der Waals surface area contributed by atoms with Crippen LogP contribution in [0.4, 0.5) is 0 Å². The van der Waals surface area contributed by atoms with Crippen LogP contribution in [0, 0.1) is 0 Å². The molecule has 0 atom stereocenters. The van der Waals surface area contributed by atoms with Gasteiger partial charge in [0.25, 0.3) is 0 Å². The van der Waals surface area contributed by atoms with Crippen molar-refractivity contribution in [3.63, 3.8) is 0 Å². The van der Waals surface area contributed by atoms with E-state index in [0.29, 0.717) is 6.04 Å². The summed E-state index contributed by atoms with van der Waals surface area (Å²) in [5, 5.41) is 6.76. The van der Waals surface area contributed by atoms with Gasteiger partial charge in [0.05, 0.1) is 6.54 Å². The van der Waals surface area contributed by atoms with Crippen LogP contribution in [0.3, 0.4) is 0 Å². The van der Waals surface area contributed by atoms with E-state index in [4.69, 9.17) is 0 Å². The molecule has 0 aliphatic heterocycles. The summed E-state index contributed by atoms with van der Waals surface area (Å²) in [4.78, 5) is 6.86. The Kier molecular flexibility index (Phi) is 10.4. The smallest absolute Gasteiger partial charge is 0.191 e. The van der Waals surface area contributed by atoms with Gasteiger partial charge in [0.1, 0.15) is 0 Å². The number of guanidine groups is 1. The maximum atomic E-state index is 4.59. The van der Waals surface area contributed by atoms with E-state index in [2.05, 4.69) is 53.6 Å². The maximum absolute atomic E-state index is 4.59. The minimum atomic E-state index is 0. The first kappa shape index (κ1) is 17.7. The van der Waals surface area contributed by atoms with Gasteiger partial charge in [-0.05, 0) is 33.4 Å². The molecule has 0 unspecified atom stereocenters. The molecule has 0 aromatic carbocycles. The average molecular weight is 366 g/mol. The molecule has 0 fully saturated rings. The minimum Gasteiger partial charge on any atom is -0.357 e. The van der Waals surface area contributed by atoms with E-state index in [-0.39, 0.29) is 24.0 Å². The first-order chi connectivity index (χ1) is 8.26. The Balaban J connectivity index is 0.00000289. The van der Waals surface area contributed by atoms with Crippen LogP contribution in [0.1, 0.15) is 26.7 Å². The summed E-state index contributed by atoms with van der Waals surface area (Å²) in [5.41, 5.74) is 0. The Labute approximate surface area is 128 Å². The number of rotatable bonds is 6. The number of aliphatic imine (C=N–C) groups is 1. The molecule has 4 nitrogen and oxygen atoms in total. The summed E-state index contributed by atoms with van der Waals surface area (Å²) >= 11 is 0. The minimum absolute atomic E-state index is 0. The zero-order chi connectivity index (χ0) is 12.5. The molecular weight excluding hydrogens is 339 g/mol. The lowest BCUT2D eigenvalue weighted by Crippen LogP contribution is -2.42. The van der Waals surface area contributed by atoms with Crippen molar-refractivity contribution in [3.05, 3.63) is 12.2 Å². The number of nitrogens with zero attached hydrogens (tertiary/aromatic N) is 2. The van der Waals surface area contributed by atoms with Crippen LogP contribution >= 0.6 is 24.0 Å². The van der Waals surface area contributed by atoms with E-state index in [1.165, 1.54) is 0 Å². The highest BCUT2D eigenvalue weighted by Gasteiger charge is 2.11. The Morgan fingerprint density at radius 1 is 1.33 bits per heavy atom. The summed E-state index contributed by atoms with van der Waals surface area (Å²) in [6, 6.07) is 0.525. The molecule has 0 aromatic rings. The lowest BCUT2D eigenvalue weighted by atomic mass is 10.2. The normalized spacial score (nSPS) is 15.9. The maximum Gasteiger partial charge on any atom is 0.191 e. The lowest BCUT2D eigenvalue weighted by Gasteiger charge is -2.17. The molecule has 1 rings (SSSR count). The highest BCUT2D eigenvalue weighted by Crippen LogP contribution is 2.08. The topological polar surface area (TPSA) is 39.7 Å². The Morgan fingerprint density at radius 3 is 2.56 bits per heavy atom. The number of halogens is 1. The van der Waals surface area contributed by atoms with Crippen molar-refractivity contribution in [2.45, 2.75) is 32.7 Å². The first-order valence-corrected chi connectivity index (χ1v) is 6.64. The molecule has 1 aliphatic carbocycles. The van der Waals surface area contributed by atoms with Crippen molar-refractivity contribution < 1.29 is 0 Å². The summed E-state index contributed by atoms with van der Waals surface area (Å²) < 4.78 is 0. The molecule has 0 spiro atoms. The van der Waals surface area contributed by atoms with Crippen LogP contribution in [-0.2, 0) is 0 Å². The van der Waals surface area contributed by atoms with Gasteiger partial charge in [0.15, 0.2) is 5.96 Å². The van der Waals surface area contributed by atoms with Gasteiger partial charge in [0.2, 0.25) is 0 Å². The third-order valence-corrected chi connectivity index (χ3v) is 2.98. The quantitative estimate of drug-likeness (QED) is 0.326. The van der Waals surface area contributed by atoms with Crippen molar-refractivity contribution in [1.82, 2.24) is 15.5 Å². The van der Waals surface area contributed by atoms with Gasteiger partial charge in [0, 0.05) is 19.1 Å². The Morgan fingerprint density at radius 2 is 2.00 bits per heavy atom. The number of hydrogen-bond acceptors (Lipinski definition) is 2. The first-order valence-electron chi connectivity index (χ1n) is 6.64. The SMILES string of the molecule is CCNC(=NCCN(C)CC)NC1CC=CC1.I. The molecule has 0 saturated carbocycles. The Bertz CT molecular complexity index is 258. The van der Waals surface area contributed by atoms with Gasteiger partial charge in [-0.3, -0.25) is 4.99 Å². The zero-order valence-electron chi connectivity index (χ0n) is 11.8. The highest BCUT2D eigenvalue weighted by molar-refractivity contribution is 14.0. The van der Waals surface area contributed by atoms with E-state index >= 15 is 0 Å².